The van der Waals surface area contributed by atoms with Gasteiger partial charge >= 0.3 is 0 Å². The van der Waals surface area contributed by atoms with Crippen LogP contribution in [0.25, 0.3) is 76.6 Å². The van der Waals surface area contributed by atoms with Crippen molar-refractivity contribution in [3.05, 3.63) is 126 Å². The summed E-state index contributed by atoms with van der Waals surface area (Å²) in [6.45, 7) is 13.7. The van der Waals surface area contributed by atoms with Crippen LogP contribution in [0, 0.1) is 0 Å². The molecule has 0 amide bonds. The van der Waals surface area contributed by atoms with Crippen LogP contribution in [-0.4, -0.2) is 4.98 Å². The summed E-state index contributed by atoms with van der Waals surface area (Å²) in [6, 6.07) is 38.1. The number of hydrogen-bond donors (Lipinski definition) is 0. The molecular weight excluding hydrogens is 558 g/mol. The highest BCUT2D eigenvalue weighted by atomic mass is 16.3. The number of rotatable bonds is 5. The lowest BCUT2D eigenvalue weighted by molar-refractivity contribution is 0.657. The summed E-state index contributed by atoms with van der Waals surface area (Å²) in [5.74, 6) is 1.23. The van der Waals surface area contributed by atoms with Gasteiger partial charge in [-0.3, -0.25) is 4.98 Å². The van der Waals surface area contributed by atoms with Crippen molar-refractivity contribution in [2.24, 2.45) is 0 Å². The molecule has 2 aromatic heterocycles. The van der Waals surface area contributed by atoms with Crippen LogP contribution < -0.4 is 0 Å². The standard InChI is InChI=1S/C44H39NO/c1-25(2)31-11-9-12-32(26(3)4)42(31)29-15-16-33-28(22-29)14-17-35-34(33)18-19-38-36(35)20-21-45-43(38)30-23-39(27(5)6)44-40(24-30)37-10-7-8-13-41(37)46-44/h7-27H,1-6H3. The fourth-order valence-electron chi connectivity index (χ4n) is 7.50. The molecule has 0 aliphatic carbocycles. The van der Waals surface area contributed by atoms with Gasteiger partial charge in [0.05, 0.1) is 5.69 Å². The molecule has 0 N–H and O–H groups in total. The topological polar surface area (TPSA) is 26.0 Å². The fraction of sp³-hybridized carbons (Fsp3) is 0.205. The molecule has 0 aliphatic heterocycles. The minimum absolute atomic E-state index is 0.319. The van der Waals surface area contributed by atoms with Crippen molar-refractivity contribution in [1.29, 1.82) is 0 Å². The fourth-order valence-corrected chi connectivity index (χ4v) is 7.50. The molecule has 0 aliphatic rings. The number of furan rings is 1. The Kier molecular flexibility index (Phi) is 6.72. The number of benzene rings is 6. The summed E-state index contributed by atoms with van der Waals surface area (Å²) < 4.78 is 6.37. The third-order valence-corrected chi connectivity index (χ3v) is 9.82. The Morgan fingerprint density at radius 2 is 1.13 bits per heavy atom. The molecule has 0 fully saturated rings. The molecule has 0 spiro atoms. The molecule has 0 saturated carbocycles. The van der Waals surface area contributed by atoms with Crippen LogP contribution in [0.5, 0.6) is 0 Å². The van der Waals surface area contributed by atoms with Gasteiger partial charge in [-0.25, -0.2) is 0 Å². The van der Waals surface area contributed by atoms with E-state index in [9.17, 15) is 0 Å². The van der Waals surface area contributed by atoms with E-state index in [2.05, 4.69) is 139 Å². The molecule has 226 valence electrons. The third-order valence-electron chi connectivity index (χ3n) is 9.82. The first kappa shape index (κ1) is 28.5. The van der Waals surface area contributed by atoms with Gasteiger partial charge in [0.1, 0.15) is 11.2 Å². The van der Waals surface area contributed by atoms with Gasteiger partial charge in [0.2, 0.25) is 0 Å². The van der Waals surface area contributed by atoms with Gasteiger partial charge in [-0.05, 0) is 103 Å². The van der Waals surface area contributed by atoms with Crippen LogP contribution in [0.3, 0.4) is 0 Å². The number of para-hydroxylation sites is 1. The SMILES string of the molecule is CC(C)c1cccc(C(C)C)c1-c1ccc2c(ccc3c4ccnc(-c5cc(C(C)C)c6oc7ccccc7c6c5)c4ccc23)c1. The highest BCUT2D eigenvalue weighted by Crippen LogP contribution is 2.42. The Labute approximate surface area is 270 Å². The number of pyridine rings is 1. The Hall–Kier alpha value is -4.95. The Balaban J connectivity index is 1.32. The number of fused-ring (bicyclic) bond motifs is 8. The number of nitrogens with zero attached hydrogens (tertiary/aromatic N) is 1. The van der Waals surface area contributed by atoms with E-state index in [1.165, 1.54) is 60.1 Å². The normalized spacial score (nSPS) is 12.3. The summed E-state index contributed by atoms with van der Waals surface area (Å²) in [6.07, 6.45) is 1.97. The molecule has 2 heteroatoms. The third kappa shape index (κ3) is 4.42. The summed E-state index contributed by atoms with van der Waals surface area (Å²) in [7, 11) is 0. The van der Waals surface area contributed by atoms with Crippen LogP contribution in [0.1, 0.15) is 76.0 Å². The minimum atomic E-state index is 0.319. The van der Waals surface area contributed by atoms with Crippen LogP contribution >= 0.6 is 0 Å². The van der Waals surface area contributed by atoms with Gasteiger partial charge in [-0.15, -0.1) is 0 Å². The summed E-state index contributed by atoms with van der Waals surface area (Å²) in [4.78, 5) is 4.98. The minimum Gasteiger partial charge on any atom is -0.456 e. The quantitative estimate of drug-likeness (QED) is 0.184. The molecule has 0 unspecified atom stereocenters. The van der Waals surface area contributed by atoms with Crippen molar-refractivity contribution in [2.45, 2.75) is 59.3 Å². The zero-order valence-electron chi connectivity index (χ0n) is 27.5. The summed E-state index contributed by atoms with van der Waals surface area (Å²) in [5, 5.41) is 9.77. The largest absolute Gasteiger partial charge is 0.456 e. The van der Waals surface area contributed by atoms with Crippen molar-refractivity contribution in [1.82, 2.24) is 4.98 Å². The average Bonchev–Trinajstić information content (AvgIpc) is 3.45. The maximum absolute atomic E-state index is 6.37. The molecule has 0 saturated heterocycles. The van der Waals surface area contributed by atoms with E-state index >= 15 is 0 Å². The maximum Gasteiger partial charge on any atom is 0.138 e. The van der Waals surface area contributed by atoms with Crippen LogP contribution in [0.15, 0.2) is 114 Å². The van der Waals surface area contributed by atoms with Crippen molar-refractivity contribution < 1.29 is 4.42 Å². The monoisotopic (exact) mass is 597 g/mol. The zero-order chi connectivity index (χ0) is 31.7. The predicted molar refractivity (Wildman–Crippen MR) is 197 cm³/mol. The van der Waals surface area contributed by atoms with Crippen LogP contribution in [-0.2, 0) is 0 Å². The summed E-state index contributed by atoms with van der Waals surface area (Å²) >= 11 is 0. The van der Waals surface area contributed by atoms with E-state index < -0.39 is 0 Å². The first-order valence-corrected chi connectivity index (χ1v) is 16.6. The van der Waals surface area contributed by atoms with Gasteiger partial charge in [0.15, 0.2) is 0 Å². The maximum atomic E-state index is 6.37. The molecular formula is C44H39NO. The molecule has 46 heavy (non-hydrogen) atoms. The lowest BCUT2D eigenvalue weighted by Gasteiger charge is -2.20. The van der Waals surface area contributed by atoms with E-state index in [0.717, 1.165) is 33.2 Å². The molecule has 0 atom stereocenters. The number of aromatic nitrogens is 1. The van der Waals surface area contributed by atoms with E-state index in [1.54, 1.807) is 0 Å². The van der Waals surface area contributed by atoms with Gasteiger partial charge in [-0.1, -0.05) is 114 Å². The molecule has 8 rings (SSSR count). The second-order valence-corrected chi connectivity index (χ2v) is 13.7. The van der Waals surface area contributed by atoms with E-state index in [1.807, 2.05) is 12.3 Å². The van der Waals surface area contributed by atoms with Gasteiger partial charge < -0.3 is 4.42 Å². The molecule has 2 heterocycles. The highest BCUT2D eigenvalue weighted by molar-refractivity contribution is 6.19. The Morgan fingerprint density at radius 1 is 0.478 bits per heavy atom. The predicted octanol–water partition coefficient (Wildman–Crippen LogP) is 13.1. The first-order valence-electron chi connectivity index (χ1n) is 16.6. The molecule has 0 bridgehead atoms. The average molecular weight is 598 g/mol. The first-order chi connectivity index (χ1) is 22.3. The van der Waals surface area contributed by atoms with Crippen molar-refractivity contribution >= 4 is 54.3 Å². The lowest BCUT2D eigenvalue weighted by Crippen LogP contribution is -1.99. The van der Waals surface area contributed by atoms with Crippen LogP contribution in [0.2, 0.25) is 0 Å². The Bertz CT molecular complexity index is 2430. The van der Waals surface area contributed by atoms with Crippen LogP contribution in [0.4, 0.5) is 0 Å². The van der Waals surface area contributed by atoms with Crippen molar-refractivity contribution in [3.8, 4) is 22.4 Å². The highest BCUT2D eigenvalue weighted by Gasteiger charge is 2.19. The molecule has 0 radical (unpaired) electrons. The second kappa shape index (κ2) is 10.8. The summed E-state index contributed by atoms with van der Waals surface area (Å²) in [5.41, 5.74) is 10.8. The van der Waals surface area contributed by atoms with Gasteiger partial charge in [0.25, 0.3) is 0 Å². The Morgan fingerprint density at radius 3 is 1.89 bits per heavy atom. The lowest BCUT2D eigenvalue weighted by atomic mass is 9.84. The molecule has 2 nitrogen and oxygen atoms in total. The van der Waals surface area contributed by atoms with Crippen molar-refractivity contribution in [3.63, 3.8) is 0 Å². The molecule has 8 aromatic rings. The van der Waals surface area contributed by atoms with E-state index in [0.29, 0.717) is 17.8 Å². The smallest absolute Gasteiger partial charge is 0.138 e. The number of hydrogen-bond acceptors (Lipinski definition) is 2. The van der Waals surface area contributed by atoms with Gasteiger partial charge in [0, 0.05) is 27.9 Å². The van der Waals surface area contributed by atoms with E-state index in [-0.39, 0.29) is 0 Å². The molecule has 6 aromatic carbocycles. The van der Waals surface area contributed by atoms with Crippen molar-refractivity contribution in [2.75, 3.05) is 0 Å². The van der Waals surface area contributed by atoms with E-state index in [4.69, 9.17) is 9.40 Å². The second-order valence-electron chi connectivity index (χ2n) is 13.7. The zero-order valence-corrected chi connectivity index (χ0v) is 27.5. The van der Waals surface area contributed by atoms with Gasteiger partial charge in [-0.2, -0.15) is 0 Å².